The molecule has 1 saturated carbocycles. The number of pyridine rings is 1. The minimum atomic E-state index is -3.04. The van der Waals surface area contributed by atoms with Gasteiger partial charge in [0, 0.05) is 24.7 Å². The second-order valence-corrected chi connectivity index (χ2v) is 8.30. The van der Waals surface area contributed by atoms with Crippen LogP contribution in [-0.2, 0) is 4.79 Å². The van der Waals surface area contributed by atoms with Crippen LogP contribution in [0.15, 0.2) is 30.7 Å². The first-order valence-corrected chi connectivity index (χ1v) is 10.4. The lowest BCUT2D eigenvalue weighted by Gasteiger charge is -2.17. The molecule has 34 heavy (non-hydrogen) atoms. The number of alkyl halides is 3. The minimum Gasteiger partial charge on any atom is -0.480 e. The zero-order chi connectivity index (χ0) is 24.2. The Labute approximate surface area is 190 Å². The molecule has 13 heteroatoms. The molecule has 1 aliphatic carbocycles. The summed E-state index contributed by atoms with van der Waals surface area (Å²) in [6.07, 6.45) is 0.649. The van der Waals surface area contributed by atoms with E-state index in [2.05, 4.69) is 20.4 Å². The van der Waals surface area contributed by atoms with Crippen LogP contribution in [0.3, 0.4) is 0 Å². The van der Waals surface area contributed by atoms with Crippen molar-refractivity contribution < 1.29 is 27.5 Å². The number of methoxy groups -OCH3 is 1. The average molecular weight is 475 g/mol. The van der Waals surface area contributed by atoms with Crippen LogP contribution in [-0.4, -0.2) is 74.6 Å². The van der Waals surface area contributed by atoms with Crippen molar-refractivity contribution in [3.05, 3.63) is 36.3 Å². The van der Waals surface area contributed by atoms with Crippen molar-refractivity contribution in [3.63, 3.8) is 0 Å². The Kier molecular flexibility index (Phi) is 5.06. The van der Waals surface area contributed by atoms with Crippen LogP contribution in [0.1, 0.15) is 16.8 Å². The number of nitrogen functional groups attached to an aromatic ring is 1. The number of fused-ring (bicyclic) bond motifs is 1. The predicted octanol–water partition coefficient (Wildman–Crippen LogP) is 1.32. The molecule has 0 spiro atoms. The molecule has 4 heterocycles. The van der Waals surface area contributed by atoms with Gasteiger partial charge < -0.3 is 20.7 Å². The maximum absolute atomic E-state index is 14.6. The summed E-state index contributed by atoms with van der Waals surface area (Å²) >= 11 is 0. The van der Waals surface area contributed by atoms with E-state index in [0.717, 1.165) is 4.90 Å². The number of rotatable bonds is 5. The van der Waals surface area contributed by atoms with Crippen LogP contribution in [0.2, 0.25) is 0 Å². The predicted molar refractivity (Wildman–Crippen MR) is 113 cm³/mol. The number of hydrogen-bond donors (Lipinski definition) is 2. The van der Waals surface area contributed by atoms with Gasteiger partial charge in [-0.1, -0.05) is 0 Å². The molecule has 1 saturated heterocycles. The standard InChI is InChI=1S/C21H20F3N7O3/c1-34-19-11(4-10(6-26-19)15-2-3-16-17(25)27-9-28-31(15)16)18(32)29-14-8-30(7-13(14)22)20(33)12-5-21(12,23)24/h2-4,6,9,12-14H,5,7-8H2,1H3,(H,29,32)(H2,25,27,28)/t12?,13-,14+/m0/s1. The van der Waals surface area contributed by atoms with Gasteiger partial charge in [-0.05, 0) is 18.2 Å². The Morgan fingerprint density at radius 2 is 2.03 bits per heavy atom. The lowest BCUT2D eigenvalue weighted by molar-refractivity contribution is -0.134. The van der Waals surface area contributed by atoms with Gasteiger partial charge in [-0.25, -0.2) is 27.7 Å². The molecule has 0 aromatic carbocycles. The van der Waals surface area contributed by atoms with Crippen LogP contribution < -0.4 is 15.8 Å². The van der Waals surface area contributed by atoms with E-state index in [0.29, 0.717) is 16.8 Å². The molecule has 3 N–H and O–H groups in total. The van der Waals surface area contributed by atoms with Crippen molar-refractivity contribution in [1.82, 2.24) is 29.8 Å². The summed E-state index contributed by atoms with van der Waals surface area (Å²) in [5.74, 6) is -5.65. The maximum Gasteiger partial charge on any atom is 0.260 e. The molecule has 3 atom stereocenters. The fraction of sp³-hybridized carbons (Fsp3) is 0.381. The van der Waals surface area contributed by atoms with Gasteiger partial charge >= 0.3 is 0 Å². The third kappa shape index (κ3) is 3.66. The summed E-state index contributed by atoms with van der Waals surface area (Å²) in [6, 6.07) is 3.91. The first-order chi connectivity index (χ1) is 16.2. The minimum absolute atomic E-state index is 0.00946. The van der Waals surface area contributed by atoms with Crippen LogP contribution >= 0.6 is 0 Å². The summed E-state index contributed by atoms with van der Waals surface area (Å²) in [4.78, 5) is 34.4. The Hall–Kier alpha value is -3.90. The number of ether oxygens (including phenoxy) is 1. The van der Waals surface area contributed by atoms with Crippen molar-refractivity contribution >= 4 is 23.1 Å². The van der Waals surface area contributed by atoms with Gasteiger partial charge in [0.1, 0.15) is 29.5 Å². The number of aromatic nitrogens is 4. The van der Waals surface area contributed by atoms with E-state index in [9.17, 15) is 22.8 Å². The maximum atomic E-state index is 14.6. The highest BCUT2D eigenvalue weighted by molar-refractivity contribution is 5.98. The van der Waals surface area contributed by atoms with Crippen molar-refractivity contribution in [2.45, 2.75) is 24.6 Å². The van der Waals surface area contributed by atoms with Crippen molar-refractivity contribution in [2.24, 2.45) is 5.92 Å². The molecule has 1 aliphatic heterocycles. The van der Waals surface area contributed by atoms with Gasteiger partial charge in [-0.2, -0.15) is 5.10 Å². The van der Waals surface area contributed by atoms with Crippen molar-refractivity contribution in [1.29, 1.82) is 0 Å². The number of likely N-dealkylation sites (tertiary alicyclic amines) is 1. The second-order valence-electron chi connectivity index (χ2n) is 8.30. The van der Waals surface area contributed by atoms with E-state index < -0.39 is 42.3 Å². The van der Waals surface area contributed by atoms with Crippen LogP contribution in [0, 0.1) is 5.92 Å². The van der Waals surface area contributed by atoms with Gasteiger partial charge in [0.15, 0.2) is 5.82 Å². The van der Waals surface area contributed by atoms with Crippen LogP contribution in [0.5, 0.6) is 5.88 Å². The number of carbonyl (C=O) groups is 2. The number of hydrogen-bond acceptors (Lipinski definition) is 7. The second kappa shape index (κ2) is 7.85. The summed E-state index contributed by atoms with van der Waals surface area (Å²) < 4.78 is 47.8. The highest BCUT2D eigenvalue weighted by Crippen LogP contribution is 2.49. The highest BCUT2D eigenvalue weighted by atomic mass is 19.3. The molecular weight excluding hydrogens is 455 g/mol. The van der Waals surface area contributed by atoms with Crippen LogP contribution in [0.25, 0.3) is 16.8 Å². The third-order valence-corrected chi connectivity index (χ3v) is 6.07. The summed E-state index contributed by atoms with van der Waals surface area (Å²) in [6.45, 7) is -0.559. The topological polar surface area (TPSA) is 128 Å². The molecule has 2 fully saturated rings. The van der Waals surface area contributed by atoms with E-state index in [1.165, 1.54) is 25.7 Å². The van der Waals surface area contributed by atoms with E-state index in [-0.39, 0.29) is 30.4 Å². The number of carbonyl (C=O) groups excluding carboxylic acids is 2. The van der Waals surface area contributed by atoms with Crippen molar-refractivity contribution in [3.8, 4) is 17.1 Å². The fourth-order valence-corrected chi connectivity index (χ4v) is 4.12. The summed E-state index contributed by atoms with van der Waals surface area (Å²) in [7, 11) is 1.34. The molecule has 10 nitrogen and oxygen atoms in total. The SMILES string of the molecule is COc1ncc(-c2ccc3c(N)ncnn23)cc1C(=O)N[C@@H]1CN(C(=O)C2CC2(F)F)C[C@@H]1F. The molecule has 178 valence electrons. The third-order valence-electron chi connectivity index (χ3n) is 6.07. The quantitative estimate of drug-likeness (QED) is 0.570. The Balaban J connectivity index is 1.37. The molecule has 1 unspecified atom stereocenters. The van der Waals surface area contributed by atoms with E-state index in [1.54, 1.807) is 16.6 Å². The average Bonchev–Trinajstić information content (AvgIpc) is 3.12. The Morgan fingerprint density at radius 3 is 2.74 bits per heavy atom. The molecular formula is C21H20F3N7O3. The zero-order valence-corrected chi connectivity index (χ0v) is 17.9. The molecule has 3 aromatic rings. The lowest BCUT2D eigenvalue weighted by atomic mass is 10.1. The summed E-state index contributed by atoms with van der Waals surface area (Å²) in [5, 5.41) is 6.70. The van der Waals surface area contributed by atoms with Gasteiger partial charge in [-0.15, -0.1) is 0 Å². The first-order valence-electron chi connectivity index (χ1n) is 10.4. The number of halogens is 3. The fourth-order valence-electron chi connectivity index (χ4n) is 4.12. The molecule has 0 radical (unpaired) electrons. The molecule has 5 rings (SSSR count). The highest BCUT2D eigenvalue weighted by Gasteiger charge is 2.63. The van der Waals surface area contributed by atoms with Gasteiger partial charge in [0.2, 0.25) is 11.8 Å². The van der Waals surface area contributed by atoms with Gasteiger partial charge in [0.05, 0.1) is 25.4 Å². The normalized spacial score (nSPS) is 23.2. The number of nitrogens with one attached hydrogen (secondary N) is 1. The molecule has 2 aliphatic rings. The van der Waals surface area contributed by atoms with Gasteiger partial charge in [-0.3, -0.25) is 9.59 Å². The van der Waals surface area contributed by atoms with E-state index in [1.807, 2.05) is 0 Å². The molecule has 0 bridgehead atoms. The monoisotopic (exact) mass is 475 g/mol. The number of nitrogens with two attached hydrogens (primary N) is 1. The summed E-state index contributed by atoms with van der Waals surface area (Å²) in [5.41, 5.74) is 7.56. The number of anilines is 1. The smallest absolute Gasteiger partial charge is 0.260 e. The van der Waals surface area contributed by atoms with Crippen molar-refractivity contribution in [2.75, 3.05) is 25.9 Å². The Morgan fingerprint density at radius 1 is 1.26 bits per heavy atom. The van der Waals surface area contributed by atoms with E-state index in [4.69, 9.17) is 10.5 Å². The molecule has 3 aromatic heterocycles. The van der Waals surface area contributed by atoms with Gasteiger partial charge in [0.25, 0.3) is 11.8 Å². The number of amides is 2. The lowest BCUT2D eigenvalue weighted by Crippen LogP contribution is -2.42. The van der Waals surface area contributed by atoms with E-state index >= 15 is 0 Å². The largest absolute Gasteiger partial charge is 0.480 e. The Bertz CT molecular complexity index is 1300. The zero-order valence-electron chi connectivity index (χ0n) is 17.9. The number of nitrogens with zero attached hydrogens (tertiary/aromatic N) is 5. The van der Waals surface area contributed by atoms with Crippen LogP contribution in [0.4, 0.5) is 19.0 Å². The molecule has 2 amide bonds. The first kappa shape index (κ1) is 21.9.